The number of ether oxygens (including phenoxy) is 1. The zero-order valence-corrected chi connectivity index (χ0v) is 12.3. The molecule has 2 aromatic carbocycles. The number of halogens is 3. The first kappa shape index (κ1) is 16.7. The Morgan fingerprint density at radius 1 is 1.09 bits per heavy atom. The lowest BCUT2D eigenvalue weighted by Gasteiger charge is -2.11. The number of carbonyl (C=O) groups excluding carboxylic acids is 1. The number of rotatable bonds is 5. The van der Waals surface area contributed by atoms with Gasteiger partial charge in [0, 0.05) is 24.8 Å². The molecule has 4 nitrogen and oxygen atoms in total. The lowest BCUT2D eigenvalue weighted by atomic mass is 10.2. The summed E-state index contributed by atoms with van der Waals surface area (Å²) in [5.74, 6) is -0.412. The van der Waals surface area contributed by atoms with E-state index in [4.69, 9.17) is 0 Å². The van der Waals surface area contributed by atoms with Crippen molar-refractivity contribution in [2.24, 2.45) is 0 Å². The van der Waals surface area contributed by atoms with E-state index in [0.29, 0.717) is 17.8 Å². The average Bonchev–Trinajstić information content (AvgIpc) is 2.44. The smallest absolute Gasteiger partial charge is 0.406 e. The molecule has 0 saturated heterocycles. The summed E-state index contributed by atoms with van der Waals surface area (Å²) >= 11 is 0. The molecule has 0 radical (unpaired) electrons. The molecule has 0 heterocycles. The summed E-state index contributed by atoms with van der Waals surface area (Å²) in [6.45, 7) is 1.76. The van der Waals surface area contributed by atoms with Gasteiger partial charge in [0.1, 0.15) is 5.75 Å². The van der Waals surface area contributed by atoms with Crippen LogP contribution < -0.4 is 15.4 Å². The van der Waals surface area contributed by atoms with E-state index in [2.05, 4.69) is 15.4 Å². The van der Waals surface area contributed by atoms with Gasteiger partial charge in [0.05, 0.1) is 0 Å². The van der Waals surface area contributed by atoms with Crippen molar-refractivity contribution in [3.8, 4) is 5.75 Å². The van der Waals surface area contributed by atoms with Crippen LogP contribution in [0, 0.1) is 0 Å². The van der Waals surface area contributed by atoms with E-state index in [0.717, 1.165) is 5.69 Å². The van der Waals surface area contributed by atoms with Crippen LogP contribution in [0.2, 0.25) is 0 Å². The van der Waals surface area contributed by atoms with Crippen molar-refractivity contribution in [2.75, 3.05) is 10.6 Å². The summed E-state index contributed by atoms with van der Waals surface area (Å²) in [4.78, 5) is 10.9. The van der Waals surface area contributed by atoms with E-state index in [-0.39, 0.29) is 11.7 Å². The lowest BCUT2D eigenvalue weighted by molar-refractivity contribution is -0.274. The number of alkyl halides is 3. The Morgan fingerprint density at radius 3 is 2.35 bits per heavy atom. The fourth-order valence-electron chi connectivity index (χ4n) is 1.93. The second-order valence-electron chi connectivity index (χ2n) is 4.81. The number of benzene rings is 2. The van der Waals surface area contributed by atoms with Gasteiger partial charge in [0.25, 0.3) is 0 Å². The predicted molar refractivity (Wildman–Crippen MR) is 81.2 cm³/mol. The number of hydrogen-bond acceptors (Lipinski definition) is 3. The lowest BCUT2D eigenvalue weighted by Crippen LogP contribution is -2.17. The molecule has 2 aromatic rings. The molecule has 7 heteroatoms. The second kappa shape index (κ2) is 7.04. The van der Waals surface area contributed by atoms with Gasteiger partial charge in [-0.15, -0.1) is 13.2 Å². The molecular weight excluding hydrogens is 309 g/mol. The Labute approximate surface area is 131 Å². The third-order valence-electron chi connectivity index (χ3n) is 2.83. The third-order valence-corrected chi connectivity index (χ3v) is 2.83. The van der Waals surface area contributed by atoms with Gasteiger partial charge in [-0.3, -0.25) is 4.79 Å². The average molecular weight is 324 g/mol. The molecule has 0 aliphatic carbocycles. The van der Waals surface area contributed by atoms with Gasteiger partial charge in [-0.05, 0) is 42.0 Å². The minimum Gasteiger partial charge on any atom is -0.406 e. The van der Waals surface area contributed by atoms with Crippen LogP contribution in [0.1, 0.15) is 12.5 Å². The summed E-state index contributed by atoms with van der Waals surface area (Å²) < 4.78 is 40.4. The van der Waals surface area contributed by atoms with Gasteiger partial charge in [0.15, 0.2) is 0 Å². The molecule has 1 amide bonds. The Hall–Kier alpha value is -2.70. The first-order chi connectivity index (χ1) is 10.8. The van der Waals surface area contributed by atoms with E-state index in [9.17, 15) is 18.0 Å². The minimum atomic E-state index is -4.70. The summed E-state index contributed by atoms with van der Waals surface area (Å²) in [6.07, 6.45) is -4.70. The number of hydrogen-bond donors (Lipinski definition) is 2. The van der Waals surface area contributed by atoms with E-state index < -0.39 is 6.36 Å². The molecule has 0 bridgehead atoms. The van der Waals surface area contributed by atoms with Crippen LogP contribution >= 0.6 is 0 Å². The molecule has 0 atom stereocenters. The van der Waals surface area contributed by atoms with Gasteiger partial charge in [-0.1, -0.05) is 12.1 Å². The molecule has 0 aliphatic rings. The molecule has 0 aromatic heterocycles. The van der Waals surface area contributed by atoms with E-state index >= 15 is 0 Å². The van der Waals surface area contributed by atoms with E-state index in [1.165, 1.54) is 25.1 Å². The van der Waals surface area contributed by atoms with Crippen LogP contribution in [0.15, 0.2) is 48.5 Å². The summed E-state index contributed by atoms with van der Waals surface area (Å²) in [6, 6.07) is 12.8. The van der Waals surface area contributed by atoms with Gasteiger partial charge in [0.2, 0.25) is 5.91 Å². The van der Waals surface area contributed by atoms with Crippen LogP contribution in [0.5, 0.6) is 5.75 Å². The Bertz CT molecular complexity index is 670. The van der Waals surface area contributed by atoms with Crippen LogP contribution in [-0.2, 0) is 11.3 Å². The number of amides is 1. The van der Waals surface area contributed by atoms with Crippen molar-refractivity contribution >= 4 is 17.3 Å². The molecule has 0 fully saturated rings. The standard InChI is InChI=1S/C16H15F3N2O2/c1-11(22)21-14-7-5-13(6-8-14)20-10-12-3-2-4-15(9-12)23-16(17,18)19/h2-9,20H,10H2,1H3,(H,21,22). The van der Waals surface area contributed by atoms with Crippen molar-refractivity contribution in [3.63, 3.8) is 0 Å². The van der Waals surface area contributed by atoms with Gasteiger partial charge in [-0.2, -0.15) is 0 Å². The predicted octanol–water partition coefficient (Wildman–Crippen LogP) is 4.16. The highest BCUT2D eigenvalue weighted by atomic mass is 19.4. The quantitative estimate of drug-likeness (QED) is 0.868. The molecule has 0 aliphatic heterocycles. The molecule has 2 rings (SSSR count). The number of nitrogens with one attached hydrogen (secondary N) is 2. The Morgan fingerprint density at radius 2 is 1.74 bits per heavy atom. The SMILES string of the molecule is CC(=O)Nc1ccc(NCc2cccc(OC(F)(F)F)c2)cc1. The molecule has 0 spiro atoms. The Balaban J connectivity index is 1.95. The van der Waals surface area contributed by atoms with Crippen LogP contribution in [0.25, 0.3) is 0 Å². The zero-order chi connectivity index (χ0) is 16.9. The first-order valence-corrected chi connectivity index (χ1v) is 6.78. The fourth-order valence-corrected chi connectivity index (χ4v) is 1.93. The maximum Gasteiger partial charge on any atom is 0.573 e. The highest BCUT2D eigenvalue weighted by Crippen LogP contribution is 2.23. The van der Waals surface area contributed by atoms with Crippen molar-refractivity contribution in [1.82, 2.24) is 0 Å². The molecule has 2 N–H and O–H groups in total. The van der Waals surface area contributed by atoms with Crippen molar-refractivity contribution in [2.45, 2.75) is 19.8 Å². The fraction of sp³-hybridized carbons (Fsp3) is 0.188. The van der Waals surface area contributed by atoms with Gasteiger partial charge in [-0.25, -0.2) is 0 Å². The van der Waals surface area contributed by atoms with Crippen LogP contribution in [-0.4, -0.2) is 12.3 Å². The number of carbonyl (C=O) groups is 1. The molecule has 0 saturated carbocycles. The van der Waals surface area contributed by atoms with E-state index in [1.54, 1.807) is 30.3 Å². The second-order valence-corrected chi connectivity index (χ2v) is 4.81. The topological polar surface area (TPSA) is 50.4 Å². The highest BCUT2D eigenvalue weighted by molar-refractivity contribution is 5.88. The maximum atomic E-state index is 12.2. The third kappa shape index (κ3) is 5.90. The van der Waals surface area contributed by atoms with Crippen LogP contribution in [0.3, 0.4) is 0 Å². The first-order valence-electron chi connectivity index (χ1n) is 6.78. The van der Waals surface area contributed by atoms with Gasteiger partial charge >= 0.3 is 6.36 Å². The summed E-state index contributed by atoms with van der Waals surface area (Å²) in [7, 11) is 0. The number of anilines is 2. The van der Waals surface area contributed by atoms with Crippen molar-refractivity contribution in [1.29, 1.82) is 0 Å². The largest absolute Gasteiger partial charge is 0.573 e. The molecule has 0 unspecified atom stereocenters. The monoisotopic (exact) mass is 324 g/mol. The maximum absolute atomic E-state index is 12.2. The molecule has 23 heavy (non-hydrogen) atoms. The summed E-state index contributed by atoms with van der Waals surface area (Å²) in [5, 5.41) is 5.73. The Kier molecular flexibility index (Phi) is 5.10. The summed E-state index contributed by atoms with van der Waals surface area (Å²) in [5.41, 5.74) is 2.10. The molecule has 122 valence electrons. The van der Waals surface area contributed by atoms with Crippen LogP contribution in [0.4, 0.5) is 24.5 Å². The van der Waals surface area contributed by atoms with Crippen molar-refractivity contribution in [3.05, 3.63) is 54.1 Å². The zero-order valence-electron chi connectivity index (χ0n) is 12.3. The minimum absolute atomic E-state index is 0.160. The van der Waals surface area contributed by atoms with Crippen molar-refractivity contribution < 1.29 is 22.7 Å². The van der Waals surface area contributed by atoms with E-state index in [1.807, 2.05) is 0 Å². The normalized spacial score (nSPS) is 11.0. The highest BCUT2D eigenvalue weighted by Gasteiger charge is 2.31. The van der Waals surface area contributed by atoms with Gasteiger partial charge < -0.3 is 15.4 Å². The molecular formula is C16H15F3N2O2.